The van der Waals surface area contributed by atoms with Gasteiger partial charge in [0.1, 0.15) is 11.4 Å². The highest BCUT2D eigenvalue weighted by Gasteiger charge is 2.54. The molecule has 2 aliphatic carbocycles. The van der Waals surface area contributed by atoms with Crippen molar-refractivity contribution in [3.63, 3.8) is 0 Å². The Kier molecular flexibility index (Phi) is 7.56. The number of piperidine rings is 1. The molecule has 4 aliphatic rings. The van der Waals surface area contributed by atoms with Gasteiger partial charge in [-0.05, 0) is 93.5 Å². The van der Waals surface area contributed by atoms with Crippen molar-refractivity contribution in [2.45, 2.75) is 90.0 Å². The monoisotopic (exact) mass is 557 g/mol. The van der Waals surface area contributed by atoms with Gasteiger partial charge in [-0.3, -0.25) is 14.7 Å². The zero-order valence-electron chi connectivity index (χ0n) is 23.6. The molecule has 10 heteroatoms. The predicted octanol–water partition coefficient (Wildman–Crippen LogP) is 3.80. The van der Waals surface area contributed by atoms with Crippen LogP contribution in [0.15, 0.2) is 17.1 Å². The molecule has 1 spiro atoms. The van der Waals surface area contributed by atoms with E-state index in [9.17, 15) is 18.0 Å². The highest BCUT2D eigenvalue weighted by atomic mass is 32.2. The van der Waals surface area contributed by atoms with Crippen LogP contribution in [0.25, 0.3) is 0 Å². The van der Waals surface area contributed by atoms with Crippen molar-refractivity contribution in [1.29, 1.82) is 0 Å². The van der Waals surface area contributed by atoms with Crippen LogP contribution in [-0.4, -0.2) is 61.9 Å². The van der Waals surface area contributed by atoms with E-state index in [0.29, 0.717) is 44.0 Å². The Morgan fingerprint density at radius 3 is 2.23 bits per heavy atom. The number of amidine groups is 1. The highest BCUT2D eigenvalue weighted by Crippen LogP contribution is 2.52. The minimum absolute atomic E-state index is 0.00179. The van der Waals surface area contributed by atoms with Crippen LogP contribution in [0, 0.1) is 25.2 Å². The largest absolute Gasteiger partial charge is 0.351 e. The number of primary amides is 1. The molecule has 0 atom stereocenters. The lowest BCUT2D eigenvalue weighted by Gasteiger charge is -2.47. The standard InChI is InChI=1S/C29H43N5O4S/c1-20-18-23(33(3)27(30)36)19-21(2)24(20)10-17-39(37,38)34-15-13-29(14-16-34)26(35)31-25(32-29)28-11-6-4-8-22(28)9-5-7-12-28/h18-19,22H,4-17H2,1-3H3,(H2,30,36)(H,31,32,35). The van der Waals surface area contributed by atoms with Crippen molar-refractivity contribution in [3.05, 3.63) is 28.8 Å². The van der Waals surface area contributed by atoms with Crippen molar-refractivity contribution >= 4 is 33.5 Å². The number of benzene rings is 1. The number of hydrogen-bond donors (Lipinski definition) is 2. The number of anilines is 1. The number of nitrogens with one attached hydrogen (secondary N) is 1. The maximum Gasteiger partial charge on any atom is 0.318 e. The number of carbonyl (C=O) groups is 2. The van der Waals surface area contributed by atoms with E-state index in [1.54, 1.807) is 11.4 Å². The first-order valence-corrected chi connectivity index (χ1v) is 16.1. The Balaban J connectivity index is 1.26. The summed E-state index contributed by atoms with van der Waals surface area (Å²) in [6.45, 7) is 4.47. The molecule has 0 radical (unpaired) electrons. The van der Waals surface area contributed by atoms with Gasteiger partial charge in [-0.1, -0.05) is 25.7 Å². The van der Waals surface area contributed by atoms with Crippen molar-refractivity contribution in [3.8, 4) is 0 Å². The molecule has 9 nitrogen and oxygen atoms in total. The van der Waals surface area contributed by atoms with Crippen LogP contribution in [0.1, 0.15) is 80.9 Å². The van der Waals surface area contributed by atoms with E-state index in [0.717, 1.165) is 35.4 Å². The molecular formula is C29H43N5O4S. The topological polar surface area (TPSA) is 125 Å². The number of carbonyl (C=O) groups excluding carboxylic acids is 2. The molecule has 3 amide bonds. The molecular weight excluding hydrogens is 514 g/mol. The van der Waals surface area contributed by atoms with E-state index in [2.05, 4.69) is 5.32 Å². The van der Waals surface area contributed by atoms with Crippen molar-refractivity contribution < 1.29 is 18.0 Å². The second-order valence-electron chi connectivity index (χ2n) is 12.2. The molecule has 3 N–H and O–H groups in total. The Labute approximate surface area is 232 Å². The maximum absolute atomic E-state index is 13.3. The van der Waals surface area contributed by atoms with Gasteiger partial charge in [0.05, 0.1) is 5.75 Å². The van der Waals surface area contributed by atoms with Crippen LogP contribution in [0.2, 0.25) is 0 Å². The molecule has 1 aromatic rings. The number of nitrogens with two attached hydrogens (primary N) is 1. The van der Waals surface area contributed by atoms with E-state index in [1.165, 1.54) is 43.4 Å². The molecule has 2 heterocycles. The number of rotatable bonds is 6. The Hall–Kier alpha value is -2.46. The number of amides is 3. The van der Waals surface area contributed by atoms with Crippen molar-refractivity contribution in [1.82, 2.24) is 9.62 Å². The zero-order chi connectivity index (χ0) is 28.0. The van der Waals surface area contributed by atoms with Crippen LogP contribution in [0.5, 0.6) is 0 Å². The van der Waals surface area contributed by atoms with Gasteiger partial charge in [0.25, 0.3) is 5.91 Å². The van der Waals surface area contributed by atoms with E-state index in [4.69, 9.17) is 10.7 Å². The van der Waals surface area contributed by atoms with Gasteiger partial charge >= 0.3 is 6.03 Å². The Morgan fingerprint density at radius 2 is 1.67 bits per heavy atom. The molecule has 0 unspecified atom stereocenters. The second-order valence-corrected chi connectivity index (χ2v) is 14.3. The average molecular weight is 558 g/mol. The number of fused-ring (bicyclic) bond motifs is 1. The first-order chi connectivity index (χ1) is 18.5. The quantitative estimate of drug-likeness (QED) is 0.552. The van der Waals surface area contributed by atoms with Gasteiger partial charge in [-0.25, -0.2) is 17.5 Å². The van der Waals surface area contributed by atoms with Crippen LogP contribution in [0.3, 0.4) is 0 Å². The maximum atomic E-state index is 13.3. The summed E-state index contributed by atoms with van der Waals surface area (Å²) in [6.07, 6.45) is 10.8. The Morgan fingerprint density at radius 1 is 1.08 bits per heavy atom. The highest BCUT2D eigenvalue weighted by molar-refractivity contribution is 7.89. The van der Waals surface area contributed by atoms with Gasteiger partial charge in [-0.15, -0.1) is 0 Å². The number of urea groups is 1. The summed E-state index contributed by atoms with van der Waals surface area (Å²) < 4.78 is 28.2. The molecule has 39 heavy (non-hydrogen) atoms. The van der Waals surface area contributed by atoms with E-state index < -0.39 is 21.6 Å². The van der Waals surface area contributed by atoms with Gasteiger partial charge in [0, 0.05) is 31.2 Å². The average Bonchev–Trinajstić information content (AvgIpc) is 3.23. The summed E-state index contributed by atoms with van der Waals surface area (Å²) in [5.74, 6) is 1.47. The van der Waals surface area contributed by atoms with Gasteiger partial charge in [-0.2, -0.15) is 0 Å². The van der Waals surface area contributed by atoms with Crippen LogP contribution < -0.4 is 16.0 Å². The molecule has 0 bridgehead atoms. The van der Waals surface area contributed by atoms with Gasteiger partial charge in [0.15, 0.2) is 0 Å². The van der Waals surface area contributed by atoms with Crippen LogP contribution >= 0.6 is 0 Å². The summed E-state index contributed by atoms with van der Waals surface area (Å²) in [6, 6.07) is 3.18. The fraction of sp³-hybridized carbons (Fsp3) is 0.690. The fourth-order valence-corrected chi connectivity index (χ4v) is 9.05. The lowest BCUT2D eigenvalue weighted by atomic mass is 9.59. The van der Waals surface area contributed by atoms with E-state index in [-0.39, 0.29) is 17.1 Å². The smallest absolute Gasteiger partial charge is 0.318 e. The molecule has 1 saturated heterocycles. The van der Waals surface area contributed by atoms with Crippen molar-refractivity contribution in [2.75, 3.05) is 30.8 Å². The molecule has 1 aromatic carbocycles. The number of aryl methyl sites for hydroxylation is 2. The molecule has 214 valence electrons. The summed E-state index contributed by atoms with van der Waals surface area (Å²) in [5, 5.41) is 3.22. The summed E-state index contributed by atoms with van der Waals surface area (Å²) in [5.41, 5.74) is 8.09. The third kappa shape index (κ3) is 5.10. The normalized spacial score (nSPS) is 27.1. The van der Waals surface area contributed by atoms with Crippen molar-refractivity contribution in [2.24, 2.45) is 22.1 Å². The summed E-state index contributed by atoms with van der Waals surface area (Å²) >= 11 is 0. The summed E-state index contributed by atoms with van der Waals surface area (Å²) in [4.78, 5) is 31.4. The lowest BCUT2D eigenvalue weighted by molar-refractivity contribution is -0.125. The third-order valence-corrected chi connectivity index (χ3v) is 11.9. The lowest BCUT2D eigenvalue weighted by Crippen LogP contribution is -2.52. The molecule has 0 aromatic heterocycles. The SMILES string of the molecule is Cc1cc(N(C)C(N)=O)cc(C)c1CCS(=O)(=O)N1CCC2(CC1)N=C(C13CCCCC1CCCC3)NC2=O. The molecule has 2 saturated carbocycles. The number of aliphatic imine (C=N–C) groups is 1. The third-order valence-electron chi connectivity index (χ3n) is 10.0. The van der Waals surface area contributed by atoms with Gasteiger partial charge < -0.3 is 11.1 Å². The second kappa shape index (κ2) is 10.5. The Bertz CT molecular complexity index is 1250. The first-order valence-electron chi connectivity index (χ1n) is 14.5. The minimum Gasteiger partial charge on any atom is -0.351 e. The van der Waals surface area contributed by atoms with E-state index in [1.807, 2.05) is 26.0 Å². The first kappa shape index (κ1) is 28.1. The predicted molar refractivity (Wildman–Crippen MR) is 153 cm³/mol. The van der Waals surface area contributed by atoms with E-state index >= 15 is 0 Å². The number of hydrogen-bond acceptors (Lipinski definition) is 5. The summed E-state index contributed by atoms with van der Waals surface area (Å²) in [7, 11) is -1.89. The van der Waals surface area contributed by atoms with Crippen LogP contribution in [0.4, 0.5) is 10.5 Å². The minimum atomic E-state index is -3.50. The van der Waals surface area contributed by atoms with Crippen LogP contribution in [-0.2, 0) is 21.2 Å². The molecule has 2 aliphatic heterocycles. The van der Waals surface area contributed by atoms with Gasteiger partial charge in [0.2, 0.25) is 10.0 Å². The zero-order valence-corrected chi connectivity index (χ0v) is 24.4. The number of sulfonamides is 1. The molecule has 3 fully saturated rings. The molecule has 5 rings (SSSR count). The number of nitrogens with zero attached hydrogens (tertiary/aromatic N) is 3. The fourth-order valence-electron chi connectivity index (χ4n) is 7.59.